The number of nitrogens with zero attached hydrogens (tertiary/aromatic N) is 6. The molecule has 1 atom stereocenters. The van der Waals surface area contributed by atoms with Gasteiger partial charge in [-0.05, 0) is 54.6 Å². The maximum Gasteiger partial charge on any atom is 0.246 e. The number of rotatable bonds is 5. The van der Waals surface area contributed by atoms with Crippen LogP contribution in [0.1, 0.15) is 18.9 Å². The molecule has 4 heterocycles. The summed E-state index contributed by atoms with van der Waals surface area (Å²) in [6.45, 7) is 4.90. The third kappa shape index (κ3) is 3.98. The van der Waals surface area contributed by atoms with E-state index in [1.54, 1.807) is 7.11 Å². The fourth-order valence-electron chi connectivity index (χ4n) is 5.13. The fraction of sp³-hybridized carbons (Fsp3) is 0.214. The predicted octanol–water partition coefficient (Wildman–Crippen LogP) is 4.38. The van der Waals surface area contributed by atoms with Crippen LogP contribution in [-0.4, -0.2) is 55.3 Å². The number of aromatic nitrogens is 5. The van der Waals surface area contributed by atoms with Crippen LogP contribution < -0.4 is 10.5 Å². The molecule has 0 spiro atoms. The van der Waals surface area contributed by atoms with Crippen LogP contribution in [0.15, 0.2) is 73.8 Å². The van der Waals surface area contributed by atoms with Crippen LogP contribution in [0.5, 0.6) is 5.75 Å². The Labute approximate surface area is 213 Å². The summed E-state index contributed by atoms with van der Waals surface area (Å²) < 4.78 is 9.29. The minimum Gasteiger partial charge on any atom is -0.497 e. The van der Waals surface area contributed by atoms with Gasteiger partial charge in [0.1, 0.15) is 23.6 Å². The highest BCUT2D eigenvalue weighted by atomic mass is 16.5. The van der Waals surface area contributed by atoms with Gasteiger partial charge in [-0.2, -0.15) is 5.10 Å². The van der Waals surface area contributed by atoms with Crippen molar-refractivity contribution in [1.29, 1.82) is 0 Å². The molecule has 0 bridgehead atoms. The largest absolute Gasteiger partial charge is 0.497 e. The van der Waals surface area contributed by atoms with E-state index in [0.29, 0.717) is 24.6 Å². The first-order valence-electron chi connectivity index (χ1n) is 12.2. The van der Waals surface area contributed by atoms with E-state index in [2.05, 4.69) is 45.6 Å². The number of methoxy groups -OCH3 is 1. The van der Waals surface area contributed by atoms with Crippen molar-refractivity contribution in [2.24, 2.45) is 0 Å². The van der Waals surface area contributed by atoms with Gasteiger partial charge in [-0.15, -0.1) is 0 Å². The summed E-state index contributed by atoms with van der Waals surface area (Å²) in [4.78, 5) is 22.9. The van der Waals surface area contributed by atoms with Crippen LogP contribution in [0.25, 0.3) is 38.8 Å². The van der Waals surface area contributed by atoms with E-state index in [-0.39, 0.29) is 11.9 Å². The number of piperidine rings is 1. The van der Waals surface area contributed by atoms with Gasteiger partial charge in [0, 0.05) is 42.1 Å². The number of nitrogens with two attached hydrogens (primary N) is 1. The molecule has 1 fully saturated rings. The number of hydrogen-bond acceptors (Lipinski definition) is 6. The van der Waals surface area contributed by atoms with Gasteiger partial charge >= 0.3 is 0 Å². The number of likely N-dealkylation sites (tertiary alicyclic amines) is 1. The lowest BCUT2D eigenvalue weighted by Crippen LogP contribution is -2.40. The number of nitrogen functional groups attached to an aromatic ring is 1. The van der Waals surface area contributed by atoms with E-state index >= 15 is 0 Å². The van der Waals surface area contributed by atoms with Crippen molar-refractivity contribution in [3.63, 3.8) is 0 Å². The number of amides is 1. The Hall–Kier alpha value is -4.66. The molecule has 5 aromatic rings. The molecule has 9 heteroatoms. The van der Waals surface area contributed by atoms with Crippen molar-refractivity contribution in [2.75, 3.05) is 25.9 Å². The SMILES string of the molecule is C=CC(=O)N1CCC[C@@H](n2nc(-c3ccc4cn(-c5ccc(OC)cc5)cc4c3)c3c(N)ncnc32)C1. The molecule has 3 aromatic heterocycles. The molecule has 186 valence electrons. The maximum atomic E-state index is 12.3. The fourth-order valence-corrected chi connectivity index (χ4v) is 5.13. The van der Waals surface area contributed by atoms with Gasteiger partial charge in [-0.1, -0.05) is 18.7 Å². The van der Waals surface area contributed by atoms with E-state index in [0.717, 1.165) is 51.7 Å². The highest BCUT2D eigenvalue weighted by molar-refractivity contribution is 6.00. The molecule has 0 aliphatic carbocycles. The Morgan fingerprint density at radius 3 is 2.73 bits per heavy atom. The molecular weight excluding hydrogens is 466 g/mol. The van der Waals surface area contributed by atoms with Gasteiger partial charge in [-0.25, -0.2) is 14.6 Å². The normalized spacial score (nSPS) is 15.8. The lowest BCUT2D eigenvalue weighted by Gasteiger charge is -2.32. The second kappa shape index (κ2) is 9.09. The topological polar surface area (TPSA) is 104 Å². The number of ether oxygens (including phenoxy) is 1. The van der Waals surface area contributed by atoms with Crippen molar-refractivity contribution in [3.05, 3.63) is 73.8 Å². The van der Waals surface area contributed by atoms with Gasteiger partial charge in [0.15, 0.2) is 5.65 Å². The van der Waals surface area contributed by atoms with E-state index in [1.165, 1.54) is 12.4 Å². The molecule has 0 radical (unpaired) electrons. The highest BCUT2D eigenvalue weighted by Crippen LogP contribution is 2.35. The van der Waals surface area contributed by atoms with E-state index in [9.17, 15) is 4.79 Å². The standard InChI is InChI=1S/C28H27N7O2/c1-3-24(36)33-12-4-5-22(16-33)35-28-25(27(29)30-17-31-28)26(32-35)18-6-7-19-14-34(15-20(19)13-18)21-8-10-23(37-2)11-9-21/h3,6-11,13-15,17,22H,1,4-5,12,16H2,2H3,(H2,29,30,31)/t22-/m1/s1. The molecule has 0 saturated carbocycles. The summed E-state index contributed by atoms with van der Waals surface area (Å²) in [5.74, 6) is 1.14. The Morgan fingerprint density at radius 1 is 1.14 bits per heavy atom. The third-order valence-corrected chi connectivity index (χ3v) is 7.03. The Morgan fingerprint density at radius 2 is 1.95 bits per heavy atom. The molecule has 2 aromatic carbocycles. The van der Waals surface area contributed by atoms with Crippen LogP contribution in [0.2, 0.25) is 0 Å². The summed E-state index contributed by atoms with van der Waals surface area (Å²) in [5, 5.41) is 7.92. The van der Waals surface area contributed by atoms with Crippen molar-refractivity contribution >= 4 is 33.5 Å². The number of benzene rings is 2. The molecule has 1 amide bonds. The van der Waals surface area contributed by atoms with Crippen LogP contribution >= 0.6 is 0 Å². The second-order valence-corrected chi connectivity index (χ2v) is 9.24. The smallest absolute Gasteiger partial charge is 0.246 e. The molecule has 1 aliphatic heterocycles. The maximum absolute atomic E-state index is 12.3. The molecule has 0 unspecified atom stereocenters. The van der Waals surface area contributed by atoms with E-state index in [4.69, 9.17) is 15.6 Å². The molecule has 1 aliphatic rings. The molecule has 37 heavy (non-hydrogen) atoms. The molecule has 9 nitrogen and oxygen atoms in total. The minimum absolute atomic E-state index is 0.0110. The summed E-state index contributed by atoms with van der Waals surface area (Å²) in [6, 6.07) is 14.2. The first-order chi connectivity index (χ1) is 18.1. The van der Waals surface area contributed by atoms with Crippen LogP contribution in [0.4, 0.5) is 5.82 Å². The van der Waals surface area contributed by atoms with Crippen molar-refractivity contribution in [2.45, 2.75) is 18.9 Å². The predicted molar refractivity (Wildman–Crippen MR) is 144 cm³/mol. The van der Waals surface area contributed by atoms with Crippen molar-refractivity contribution < 1.29 is 9.53 Å². The minimum atomic E-state index is -0.0673. The monoisotopic (exact) mass is 493 g/mol. The molecule has 2 N–H and O–H groups in total. The third-order valence-electron chi connectivity index (χ3n) is 7.03. The summed E-state index contributed by atoms with van der Waals surface area (Å²) in [6.07, 6.45) is 8.80. The average molecular weight is 494 g/mol. The highest BCUT2D eigenvalue weighted by Gasteiger charge is 2.28. The van der Waals surface area contributed by atoms with Gasteiger partial charge in [0.25, 0.3) is 0 Å². The van der Waals surface area contributed by atoms with Gasteiger partial charge in [0.05, 0.1) is 18.5 Å². The average Bonchev–Trinajstić information content (AvgIpc) is 3.55. The van der Waals surface area contributed by atoms with Gasteiger partial charge in [-0.3, -0.25) is 4.79 Å². The number of carbonyl (C=O) groups is 1. The Balaban J connectivity index is 1.42. The zero-order chi connectivity index (χ0) is 25.5. The summed E-state index contributed by atoms with van der Waals surface area (Å²) in [5.41, 5.74) is 9.74. The Kier molecular flexibility index (Phi) is 5.60. The van der Waals surface area contributed by atoms with Crippen LogP contribution in [0.3, 0.4) is 0 Å². The lowest BCUT2D eigenvalue weighted by molar-refractivity contribution is -0.127. The number of hydrogen-bond donors (Lipinski definition) is 1. The zero-order valence-corrected chi connectivity index (χ0v) is 20.5. The number of fused-ring (bicyclic) bond motifs is 2. The summed E-state index contributed by atoms with van der Waals surface area (Å²) >= 11 is 0. The number of carbonyl (C=O) groups excluding carboxylic acids is 1. The first-order valence-corrected chi connectivity index (χ1v) is 12.2. The molecule has 6 rings (SSSR count). The van der Waals surface area contributed by atoms with Crippen molar-refractivity contribution in [1.82, 2.24) is 29.2 Å². The lowest BCUT2D eigenvalue weighted by atomic mass is 10.1. The van der Waals surface area contributed by atoms with Crippen LogP contribution in [0, 0.1) is 0 Å². The molecular formula is C28H27N7O2. The summed E-state index contributed by atoms with van der Waals surface area (Å²) in [7, 11) is 1.66. The Bertz CT molecular complexity index is 1630. The van der Waals surface area contributed by atoms with Gasteiger partial charge < -0.3 is 19.9 Å². The molecule has 1 saturated heterocycles. The van der Waals surface area contributed by atoms with Crippen LogP contribution in [-0.2, 0) is 4.79 Å². The van der Waals surface area contributed by atoms with Crippen molar-refractivity contribution in [3.8, 4) is 22.7 Å². The van der Waals surface area contributed by atoms with E-state index < -0.39 is 0 Å². The quantitative estimate of drug-likeness (QED) is 0.365. The first kappa shape index (κ1) is 22.8. The second-order valence-electron chi connectivity index (χ2n) is 9.24. The van der Waals surface area contributed by atoms with Gasteiger partial charge in [0.2, 0.25) is 5.91 Å². The van der Waals surface area contributed by atoms with E-state index in [1.807, 2.05) is 39.9 Å². The zero-order valence-electron chi connectivity index (χ0n) is 20.5. The number of anilines is 1.